The monoisotopic (exact) mass is 1520 g/mol. The molecule has 0 aliphatic carbocycles. The standard InChI is InChI=1S/C54H45F6N3.C15H15N.C9H3Br3F6/c1-32-47(61-39-26-14-8-20-33(39)50(2,3)34-21-9-15-27-40(34)61)45(53(55,56)57)49(63-43-30-18-12-24-37(43)52(6,7)38-25-13-19-31-44(38)63)46(54(58,59)60)48(32)62-41-28-16-10-22-35(41)51(4,5)36-23-11-17-29-42(36)62;1-15(2)11-7-3-5-9-13(11)16-14-10-6-4-8-12(14)15;1-2-5(10)3(8(13,14)15)7(12)4(6(2)11)9(16,17)18/h8-31H,1-7H3;3-10,16H,1-2H3;1H3. The molecule has 0 unspecified atom stereocenters. The van der Waals surface area contributed by atoms with E-state index in [4.69, 9.17) is 0 Å². The molecule has 10 aromatic carbocycles. The van der Waals surface area contributed by atoms with Gasteiger partial charge in [-0.25, -0.2) is 0 Å². The number of halogens is 15. The molecular formula is C78H63Br3F12N4. The highest BCUT2D eigenvalue weighted by molar-refractivity contribution is 9.11. The van der Waals surface area contributed by atoms with Gasteiger partial charge in [-0.3, -0.25) is 0 Å². The minimum Gasteiger partial charge on any atom is -0.355 e. The van der Waals surface area contributed by atoms with Gasteiger partial charge in [0.1, 0.15) is 11.1 Å². The summed E-state index contributed by atoms with van der Waals surface area (Å²) in [6.07, 6.45) is -20.4. The molecule has 4 aliphatic heterocycles. The van der Waals surface area contributed by atoms with Crippen LogP contribution in [0.2, 0.25) is 0 Å². The second-order valence-corrected chi connectivity index (χ2v) is 28.9. The lowest BCUT2D eigenvalue weighted by molar-refractivity contribution is -0.145. The van der Waals surface area contributed by atoms with E-state index in [1.165, 1.54) is 34.3 Å². The van der Waals surface area contributed by atoms with Gasteiger partial charge in [0.2, 0.25) is 0 Å². The molecule has 4 nitrogen and oxygen atoms in total. The second kappa shape index (κ2) is 24.2. The fourth-order valence-corrected chi connectivity index (χ4v) is 17.6. The molecule has 0 atom stereocenters. The fraction of sp³-hybridized carbons (Fsp3) is 0.231. The van der Waals surface area contributed by atoms with Gasteiger partial charge in [-0.05, 0) is 166 Å². The molecule has 14 rings (SSSR count). The Hall–Kier alpha value is -8.00. The van der Waals surface area contributed by atoms with Gasteiger partial charge < -0.3 is 20.0 Å². The summed E-state index contributed by atoms with van der Waals surface area (Å²) in [4.78, 5) is 4.38. The van der Waals surface area contributed by atoms with Gasteiger partial charge in [-0.2, -0.15) is 52.7 Å². The van der Waals surface area contributed by atoms with Gasteiger partial charge in [-0.1, -0.05) is 201 Å². The number of nitrogens with one attached hydrogen (secondary N) is 1. The molecular weight excluding hydrogens is 1460 g/mol. The van der Waals surface area contributed by atoms with E-state index >= 15 is 26.3 Å². The molecule has 0 spiro atoms. The summed E-state index contributed by atoms with van der Waals surface area (Å²) >= 11 is 7.73. The van der Waals surface area contributed by atoms with E-state index < -0.39 is 82.3 Å². The number of para-hydroxylation sites is 8. The first kappa shape index (κ1) is 68.9. The molecule has 1 N–H and O–H groups in total. The van der Waals surface area contributed by atoms with Crippen LogP contribution in [0.5, 0.6) is 0 Å². The first-order chi connectivity index (χ1) is 45.4. The number of anilines is 11. The van der Waals surface area contributed by atoms with Crippen molar-refractivity contribution < 1.29 is 52.7 Å². The van der Waals surface area contributed by atoms with E-state index in [1.54, 1.807) is 107 Å². The Bertz CT molecular complexity index is 4410. The van der Waals surface area contributed by atoms with E-state index in [1.807, 2.05) is 90.1 Å². The Morgan fingerprint density at radius 2 is 0.474 bits per heavy atom. The van der Waals surface area contributed by atoms with E-state index in [-0.39, 0.29) is 39.3 Å². The molecule has 0 bridgehead atoms. The van der Waals surface area contributed by atoms with Crippen LogP contribution >= 0.6 is 47.8 Å². The van der Waals surface area contributed by atoms with Crippen molar-refractivity contribution >= 4 is 110 Å². The normalized spacial score (nSPS) is 15.8. The van der Waals surface area contributed by atoms with Gasteiger partial charge in [0, 0.05) is 46.5 Å². The quantitative estimate of drug-likeness (QED) is 0.178. The minimum atomic E-state index is -5.32. The maximum Gasteiger partial charge on any atom is 0.420 e. The van der Waals surface area contributed by atoms with Gasteiger partial charge >= 0.3 is 24.7 Å². The molecule has 500 valence electrons. The van der Waals surface area contributed by atoms with Gasteiger partial charge in [0.25, 0.3) is 0 Å². The molecule has 4 aliphatic rings. The molecule has 4 heterocycles. The molecule has 97 heavy (non-hydrogen) atoms. The maximum absolute atomic E-state index is 17.1. The van der Waals surface area contributed by atoms with E-state index in [0.29, 0.717) is 33.9 Å². The summed E-state index contributed by atoms with van der Waals surface area (Å²) in [5, 5.41) is 3.50. The topological polar surface area (TPSA) is 21.8 Å². The number of nitrogens with zero attached hydrogens (tertiary/aromatic N) is 3. The predicted molar refractivity (Wildman–Crippen MR) is 374 cm³/mol. The van der Waals surface area contributed by atoms with Crippen LogP contribution in [0.4, 0.5) is 115 Å². The Morgan fingerprint density at radius 1 is 0.268 bits per heavy atom. The summed E-state index contributed by atoms with van der Waals surface area (Å²) in [6, 6.07) is 60.0. The molecule has 0 aromatic heterocycles. The average molecular weight is 1520 g/mol. The van der Waals surface area contributed by atoms with Crippen LogP contribution in [-0.2, 0) is 46.4 Å². The first-order valence-electron chi connectivity index (χ1n) is 31.0. The predicted octanol–water partition coefficient (Wildman–Crippen LogP) is 26.7. The Labute approximate surface area is 580 Å². The zero-order chi connectivity index (χ0) is 70.2. The molecule has 0 fully saturated rings. The largest absolute Gasteiger partial charge is 0.420 e. The first-order valence-corrected chi connectivity index (χ1v) is 33.3. The number of hydrogen-bond acceptors (Lipinski definition) is 4. The third-order valence-corrected chi connectivity index (χ3v) is 22.2. The van der Waals surface area contributed by atoms with Crippen molar-refractivity contribution in [2.24, 2.45) is 0 Å². The van der Waals surface area contributed by atoms with E-state index in [9.17, 15) is 26.3 Å². The van der Waals surface area contributed by atoms with Crippen LogP contribution in [0.1, 0.15) is 133 Å². The van der Waals surface area contributed by atoms with Crippen molar-refractivity contribution in [3.05, 3.63) is 285 Å². The van der Waals surface area contributed by atoms with Crippen molar-refractivity contribution in [2.45, 2.75) is 116 Å². The molecule has 0 amide bonds. The lowest BCUT2D eigenvalue weighted by Crippen LogP contribution is -2.36. The van der Waals surface area contributed by atoms with Gasteiger partial charge in [0.15, 0.2) is 0 Å². The van der Waals surface area contributed by atoms with E-state index in [0.717, 1.165) is 29.2 Å². The minimum absolute atomic E-state index is 0.0818. The van der Waals surface area contributed by atoms with Gasteiger partial charge in [0.05, 0.1) is 62.3 Å². The Kier molecular flexibility index (Phi) is 17.2. The van der Waals surface area contributed by atoms with Crippen molar-refractivity contribution in [3.63, 3.8) is 0 Å². The molecule has 10 aromatic rings. The Balaban J connectivity index is 0.000000213. The highest BCUT2D eigenvalue weighted by Gasteiger charge is 2.54. The lowest BCUT2D eigenvalue weighted by Gasteiger charge is -2.48. The Morgan fingerprint density at radius 3 is 0.722 bits per heavy atom. The number of hydrogen-bond donors (Lipinski definition) is 1. The second-order valence-electron chi connectivity index (χ2n) is 26.6. The number of fused-ring (bicyclic) bond motifs is 8. The molecule has 19 heteroatoms. The highest BCUT2D eigenvalue weighted by atomic mass is 79.9. The van der Waals surface area contributed by atoms with Crippen molar-refractivity contribution in [1.82, 2.24) is 0 Å². The average Bonchev–Trinajstić information content (AvgIpc) is 0.684. The van der Waals surface area contributed by atoms with Crippen molar-refractivity contribution in [3.8, 4) is 0 Å². The number of benzene rings is 10. The third-order valence-electron chi connectivity index (χ3n) is 19.4. The van der Waals surface area contributed by atoms with Crippen LogP contribution in [0.25, 0.3) is 0 Å². The summed E-state index contributed by atoms with van der Waals surface area (Å²) in [6.45, 7) is 19.2. The molecule has 0 saturated carbocycles. The summed E-state index contributed by atoms with van der Waals surface area (Å²) < 4.78 is 177. The summed E-state index contributed by atoms with van der Waals surface area (Å²) in [5.74, 6) is 0. The third kappa shape index (κ3) is 11.3. The molecule has 0 radical (unpaired) electrons. The van der Waals surface area contributed by atoms with Crippen LogP contribution in [0.3, 0.4) is 0 Å². The van der Waals surface area contributed by atoms with Gasteiger partial charge in [-0.15, -0.1) is 0 Å². The van der Waals surface area contributed by atoms with E-state index in [2.05, 4.69) is 115 Å². The lowest BCUT2D eigenvalue weighted by atomic mass is 9.72. The number of rotatable bonds is 3. The van der Waals surface area contributed by atoms with Crippen LogP contribution < -0.4 is 20.0 Å². The summed E-state index contributed by atoms with van der Waals surface area (Å²) in [5.41, 5.74) is 1.98. The molecule has 0 saturated heterocycles. The van der Waals surface area contributed by atoms with Crippen molar-refractivity contribution in [2.75, 3.05) is 20.0 Å². The van der Waals surface area contributed by atoms with Crippen LogP contribution in [0.15, 0.2) is 208 Å². The maximum atomic E-state index is 17.1. The zero-order valence-electron chi connectivity index (χ0n) is 54.0. The SMILES string of the molecule is CC1(C)c2ccccc2Nc2ccccc21.Cc1c(Br)c(C(F)(F)F)c(Br)c(C(F)(F)F)c1Br.Cc1c(N2c3ccccc3C(C)(C)c3ccccc32)c(C(F)(F)F)c(N2c3ccccc3C(C)(C)c3ccccc32)c(C(F)(F)F)c1N1c2ccccc2C(C)(C)c2ccccc21. The zero-order valence-corrected chi connectivity index (χ0v) is 58.7. The highest BCUT2D eigenvalue weighted by Crippen LogP contribution is 2.66. The van der Waals surface area contributed by atoms with Crippen molar-refractivity contribution in [1.29, 1.82) is 0 Å². The fourth-order valence-electron chi connectivity index (χ4n) is 14.7. The van der Waals surface area contributed by atoms with Crippen LogP contribution in [0, 0.1) is 13.8 Å². The number of alkyl halides is 12. The van der Waals surface area contributed by atoms with Crippen LogP contribution in [-0.4, -0.2) is 0 Å². The smallest absolute Gasteiger partial charge is 0.355 e. The summed E-state index contributed by atoms with van der Waals surface area (Å²) in [7, 11) is 0.